The summed E-state index contributed by atoms with van der Waals surface area (Å²) in [5.74, 6) is -0.171. The Hall–Kier alpha value is -2.75. The molecule has 0 aromatic heterocycles. The summed E-state index contributed by atoms with van der Waals surface area (Å²) in [7, 11) is 0. The van der Waals surface area contributed by atoms with Crippen LogP contribution < -0.4 is 0 Å². The van der Waals surface area contributed by atoms with Crippen molar-refractivity contribution < 1.29 is 4.39 Å². The number of rotatable bonds is 6. The number of benzene rings is 3. The van der Waals surface area contributed by atoms with Gasteiger partial charge in [0.15, 0.2) is 0 Å². The van der Waals surface area contributed by atoms with Gasteiger partial charge in [-0.25, -0.2) is 4.39 Å². The summed E-state index contributed by atoms with van der Waals surface area (Å²) in [4.78, 5) is 5.04. The first-order valence-electron chi connectivity index (χ1n) is 10.7. The number of nitrogens with zero attached hydrogens (tertiary/aromatic N) is 2. The Bertz CT molecular complexity index is 958. The average molecular weight is 401 g/mol. The standard InChI is InChI=1S/C27H29FN2/c1-22(24-13-15-25(16-14-24)26-11-5-6-12-27(26)28)30-20-18-29(19-21-30)17-7-10-23-8-3-2-4-9-23/h2-16,22H,17-21H2,1H3/b10-7+. The van der Waals surface area contributed by atoms with Gasteiger partial charge in [-0.15, -0.1) is 0 Å². The zero-order chi connectivity index (χ0) is 20.8. The van der Waals surface area contributed by atoms with Gasteiger partial charge in [-0.1, -0.05) is 84.9 Å². The van der Waals surface area contributed by atoms with Crippen molar-refractivity contribution in [2.24, 2.45) is 0 Å². The normalized spacial score (nSPS) is 16.7. The van der Waals surface area contributed by atoms with E-state index in [0.717, 1.165) is 38.3 Å². The molecule has 0 radical (unpaired) electrons. The summed E-state index contributed by atoms with van der Waals surface area (Å²) in [5.41, 5.74) is 4.13. The van der Waals surface area contributed by atoms with Crippen LogP contribution in [0.15, 0.2) is 84.9 Å². The second-order valence-electron chi connectivity index (χ2n) is 7.93. The van der Waals surface area contributed by atoms with Gasteiger partial charge in [-0.05, 0) is 29.7 Å². The molecule has 2 nitrogen and oxygen atoms in total. The summed E-state index contributed by atoms with van der Waals surface area (Å²) in [6.07, 6.45) is 4.46. The van der Waals surface area contributed by atoms with Gasteiger partial charge in [0.25, 0.3) is 0 Å². The van der Waals surface area contributed by atoms with Crippen LogP contribution in [0.4, 0.5) is 4.39 Å². The largest absolute Gasteiger partial charge is 0.297 e. The first kappa shape index (κ1) is 20.5. The van der Waals surface area contributed by atoms with E-state index in [2.05, 4.69) is 65.3 Å². The van der Waals surface area contributed by atoms with Gasteiger partial charge in [-0.3, -0.25) is 9.80 Å². The van der Waals surface area contributed by atoms with E-state index in [1.807, 2.05) is 30.3 Å². The molecule has 30 heavy (non-hydrogen) atoms. The molecule has 3 heteroatoms. The topological polar surface area (TPSA) is 6.48 Å². The fraction of sp³-hybridized carbons (Fsp3) is 0.259. The quantitative estimate of drug-likeness (QED) is 0.509. The van der Waals surface area contributed by atoms with E-state index in [0.29, 0.717) is 11.6 Å². The number of hydrogen-bond donors (Lipinski definition) is 0. The molecular formula is C27H29FN2. The molecule has 0 saturated carbocycles. The molecule has 0 amide bonds. The highest BCUT2D eigenvalue weighted by Gasteiger charge is 2.21. The van der Waals surface area contributed by atoms with Crippen LogP contribution >= 0.6 is 0 Å². The van der Waals surface area contributed by atoms with E-state index in [1.165, 1.54) is 17.2 Å². The van der Waals surface area contributed by atoms with Crippen molar-refractivity contribution in [1.29, 1.82) is 0 Å². The van der Waals surface area contributed by atoms with E-state index in [4.69, 9.17) is 0 Å². The van der Waals surface area contributed by atoms with Crippen LogP contribution in [0.25, 0.3) is 17.2 Å². The molecule has 1 aliphatic heterocycles. The van der Waals surface area contributed by atoms with Crippen LogP contribution in [-0.4, -0.2) is 42.5 Å². The Kier molecular flexibility index (Phi) is 6.73. The van der Waals surface area contributed by atoms with Crippen LogP contribution in [0.2, 0.25) is 0 Å². The summed E-state index contributed by atoms with van der Waals surface area (Å²) in [6, 6.07) is 26.1. The van der Waals surface area contributed by atoms with Crippen LogP contribution in [0.1, 0.15) is 24.1 Å². The summed E-state index contributed by atoms with van der Waals surface area (Å²) in [6.45, 7) is 7.55. The number of piperazine rings is 1. The number of halogens is 1. The molecular weight excluding hydrogens is 371 g/mol. The van der Waals surface area contributed by atoms with Crippen LogP contribution in [-0.2, 0) is 0 Å². The minimum Gasteiger partial charge on any atom is -0.297 e. The monoisotopic (exact) mass is 400 g/mol. The molecule has 1 atom stereocenters. The maximum absolute atomic E-state index is 14.0. The van der Waals surface area contributed by atoms with Crippen molar-refractivity contribution in [2.45, 2.75) is 13.0 Å². The van der Waals surface area contributed by atoms with Gasteiger partial charge in [-0.2, -0.15) is 0 Å². The van der Waals surface area contributed by atoms with Crippen molar-refractivity contribution in [3.63, 3.8) is 0 Å². The van der Waals surface area contributed by atoms with Crippen molar-refractivity contribution in [2.75, 3.05) is 32.7 Å². The van der Waals surface area contributed by atoms with Crippen LogP contribution in [0.5, 0.6) is 0 Å². The fourth-order valence-corrected chi connectivity index (χ4v) is 4.08. The molecule has 0 N–H and O–H groups in total. The second-order valence-corrected chi connectivity index (χ2v) is 7.93. The third-order valence-corrected chi connectivity index (χ3v) is 6.01. The molecule has 154 valence electrons. The lowest BCUT2D eigenvalue weighted by molar-refractivity contribution is 0.110. The van der Waals surface area contributed by atoms with E-state index in [1.54, 1.807) is 6.07 Å². The van der Waals surface area contributed by atoms with E-state index < -0.39 is 0 Å². The van der Waals surface area contributed by atoms with Crippen molar-refractivity contribution >= 4 is 6.08 Å². The Morgan fingerprint density at radius 3 is 2.20 bits per heavy atom. The van der Waals surface area contributed by atoms with Gasteiger partial charge in [0.05, 0.1) is 0 Å². The molecule has 0 aliphatic carbocycles. The van der Waals surface area contributed by atoms with E-state index in [9.17, 15) is 4.39 Å². The molecule has 1 unspecified atom stereocenters. The molecule has 0 bridgehead atoms. The summed E-state index contributed by atoms with van der Waals surface area (Å²) < 4.78 is 14.0. The molecule has 0 spiro atoms. The zero-order valence-corrected chi connectivity index (χ0v) is 17.5. The molecule has 1 fully saturated rings. The van der Waals surface area contributed by atoms with Gasteiger partial charge in [0.2, 0.25) is 0 Å². The average Bonchev–Trinajstić information content (AvgIpc) is 2.80. The lowest BCUT2D eigenvalue weighted by Gasteiger charge is -2.38. The molecule has 1 aliphatic rings. The lowest BCUT2D eigenvalue weighted by Crippen LogP contribution is -2.47. The van der Waals surface area contributed by atoms with E-state index >= 15 is 0 Å². The van der Waals surface area contributed by atoms with Gasteiger partial charge in [0.1, 0.15) is 5.82 Å². The SMILES string of the molecule is CC(c1ccc(-c2ccccc2F)cc1)N1CCN(C/C=C/c2ccccc2)CC1. The highest BCUT2D eigenvalue weighted by atomic mass is 19.1. The van der Waals surface area contributed by atoms with Crippen molar-refractivity contribution in [3.05, 3.63) is 102 Å². The number of hydrogen-bond acceptors (Lipinski definition) is 2. The first-order chi connectivity index (χ1) is 14.7. The highest BCUT2D eigenvalue weighted by molar-refractivity contribution is 5.64. The molecule has 3 aromatic carbocycles. The maximum atomic E-state index is 14.0. The van der Waals surface area contributed by atoms with Crippen molar-refractivity contribution in [3.8, 4) is 11.1 Å². The lowest BCUT2D eigenvalue weighted by atomic mass is 10.00. The predicted octanol–water partition coefficient (Wildman–Crippen LogP) is 5.88. The third kappa shape index (κ3) is 5.05. The maximum Gasteiger partial charge on any atom is 0.131 e. The molecule has 1 saturated heterocycles. The third-order valence-electron chi connectivity index (χ3n) is 6.01. The zero-order valence-electron chi connectivity index (χ0n) is 17.5. The first-order valence-corrected chi connectivity index (χ1v) is 10.7. The predicted molar refractivity (Wildman–Crippen MR) is 124 cm³/mol. The molecule has 4 rings (SSSR count). The highest BCUT2D eigenvalue weighted by Crippen LogP contribution is 2.27. The van der Waals surface area contributed by atoms with E-state index in [-0.39, 0.29) is 5.82 Å². The Labute approximate surface area is 179 Å². The van der Waals surface area contributed by atoms with Crippen LogP contribution in [0.3, 0.4) is 0 Å². The fourth-order valence-electron chi connectivity index (χ4n) is 4.08. The molecule has 1 heterocycles. The van der Waals surface area contributed by atoms with Gasteiger partial charge < -0.3 is 0 Å². The Morgan fingerprint density at radius 2 is 1.50 bits per heavy atom. The van der Waals surface area contributed by atoms with Crippen LogP contribution in [0, 0.1) is 5.82 Å². The van der Waals surface area contributed by atoms with Gasteiger partial charge in [0, 0.05) is 44.3 Å². The smallest absolute Gasteiger partial charge is 0.131 e. The minimum atomic E-state index is -0.171. The van der Waals surface area contributed by atoms with Gasteiger partial charge >= 0.3 is 0 Å². The second kappa shape index (κ2) is 9.84. The Balaban J connectivity index is 1.30. The summed E-state index contributed by atoms with van der Waals surface area (Å²) >= 11 is 0. The summed E-state index contributed by atoms with van der Waals surface area (Å²) in [5, 5.41) is 0. The minimum absolute atomic E-state index is 0.171. The Morgan fingerprint density at radius 1 is 0.833 bits per heavy atom. The molecule has 3 aromatic rings. The van der Waals surface area contributed by atoms with Crippen molar-refractivity contribution in [1.82, 2.24) is 9.80 Å².